The Bertz CT molecular complexity index is 644. The van der Waals surface area contributed by atoms with Gasteiger partial charge in [-0.3, -0.25) is 4.21 Å². The Kier molecular flexibility index (Phi) is 7.92. The maximum Gasteiger partial charge on any atom is 0.192 e. The minimum absolute atomic E-state index is 0.0392. The van der Waals surface area contributed by atoms with Crippen LogP contribution in [0.2, 0.25) is 23.2 Å². The summed E-state index contributed by atoms with van der Waals surface area (Å²) < 4.78 is 19.3. The van der Waals surface area contributed by atoms with Crippen LogP contribution in [0.25, 0.3) is 0 Å². The zero-order valence-electron chi connectivity index (χ0n) is 17.6. The zero-order valence-corrected chi connectivity index (χ0v) is 20.1. The maximum atomic E-state index is 12.8. The molecule has 1 aromatic carbocycles. The zero-order chi connectivity index (χ0) is 20.3. The molecule has 2 nitrogen and oxygen atoms in total. The Morgan fingerprint density at radius 3 is 2.23 bits per heavy atom. The summed E-state index contributed by atoms with van der Waals surface area (Å²) in [4.78, 5) is 0. The summed E-state index contributed by atoms with van der Waals surface area (Å²) in [5.74, 6) is 0.487. The summed E-state index contributed by atoms with van der Waals surface area (Å²) in [6, 6.07) is 7.81. The molecule has 148 valence electrons. The molecule has 0 aliphatic rings. The van der Waals surface area contributed by atoms with E-state index in [0.717, 1.165) is 5.56 Å². The fourth-order valence-electron chi connectivity index (χ4n) is 2.28. The van der Waals surface area contributed by atoms with Gasteiger partial charge in [-0.1, -0.05) is 50.6 Å². The number of hydrogen-bond acceptors (Lipinski definition) is 2. The van der Waals surface area contributed by atoms with Gasteiger partial charge in [0, 0.05) is 32.2 Å². The molecule has 1 aromatic rings. The van der Waals surface area contributed by atoms with E-state index in [1.54, 1.807) is 0 Å². The average Bonchev–Trinajstić information content (AvgIpc) is 2.48. The fraction of sp³-hybridized carbons (Fsp3) is 0.619. The monoisotopic (exact) mass is 414 g/mol. The van der Waals surface area contributed by atoms with Crippen molar-refractivity contribution in [1.82, 2.24) is 0 Å². The molecule has 0 spiro atoms. The molecule has 0 heterocycles. The summed E-state index contributed by atoms with van der Waals surface area (Å²) in [5.41, 5.74) is 1.03. The average molecular weight is 415 g/mol. The van der Waals surface area contributed by atoms with E-state index in [0.29, 0.717) is 10.8 Å². The highest BCUT2D eigenvalue weighted by atomic mass is 35.5. The molecular weight excluding hydrogens is 380 g/mol. The lowest BCUT2D eigenvalue weighted by Gasteiger charge is -2.41. The van der Waals surface area contributed by atoms with Crippen LogP contribution < -0.4 is 0 Å². The van der Waals surface area contributed by atoms with Crippen LogP contribution >= 0.6 is 11.6 Å². The Labute approximate surface area is 169 Å². The molecule has 0 aliphatic carbocycles. The molecule has 0 aromatic heterocycles. The first-order chi connectivity index (χ1) is 11.7. The van der Waals surface area contributed by atoms with Gasteiger partial charge in [0.2, 0.25) is 0 Å². The van der Waals surface area contributed by atoms with Crippen molar-refractivity contribution in [2.24, 2.45) is 5.92 Å². The molecule has 0 amide bonds. The summed E-state index contributed by atoms with van der Waals surface area (Å²) in [5, 5.41) is 0.768. The van der Waals surface area contributed by atoms with E-state index in [-0.39, 0.29) is 21.8 Å². The van der Waals surface area contributed by atoms with Gasteiger partial charge in [-0.15, -0.1) is 6.58 Å². The van der Waals surface area contributed by atoms with Crippen LogP contribution in [0, 0.1) is 5.92 Å². The first-order valence-corrected chi connectivity index (χ1v) is 13.7. The van der Waals surface area contributed by atoms with Gasteiger partial charge in [0.25, 0.3) is 0 Å². The molecule has 3 atom stereocenters. The summed E-state index contributed by atoms with van der Waals surface area (Å²) >= 11 is 6.25. The Morgan fingerprint density at radius 2 is 1.81 bits per heavy atom. The topological polar surface area (TPSA) is 26.3 Å². The molecule has 0 fully saturated rings. The van der Waals surface area contributed by atoms with Crippen molar-refractivity contribution < 1.29 is 8.63 Å². The number of benzene rings is 1. The van der Waals surface area contributed by atoms with Gasteiger partial charge in [0.1, 0.15) is 0 Å². The van der Waals surface area contributed by atoms with Crippen molar-refractivity contribution in [2.45, 2.75) is 70.5 Å². The summed E-state index contributed by atoms with van der Waals surface area (Å²) in [6.45, 7) is 21.2. The van der Waals surface area contributed by atoms with E-state index in [9.17, 15) is 4.21 Å². The Morgan fingerprint density at radius 1 is 1.23 bits per heavy atom. The van der Waals surface area contributed by atoms with Gasteiger partial charge < -0.3 is 4.43 Å². The largest absolute Gasteiger partial charge is 0.409 e. The minimum atomic E-state index is -2.03. The second-order valence-electron chi connectivity index (χ2n) is 9.38. The van der Waals surface area contributed by atoms with E-state index in [4.69, 9.17) is 16.0 Å². The van der Waals surface area contributed by atoms with Crippen LogP contribution in [0.4, 0.5) is 0 Å². The van der Waals surface area contributed by atoms with E-state index in [1.807, 2.05) is 51.1 Å². The highest BCUT2D eigenvalue weighted by molar-refractivity contribution is 7.86. The van der Waals surface area contributed by atoms with Gasteiger partial charge in [-0.2, -0.15) is 0 Å². The highest BCUT2D eigenvalue weighted by Gasteiger charge is 2.41. The second kappa shape index (κ2) is 8.72. The van der Waals surface area contributed by atoms with Crippen molar-refractivity contribution in [3.63, 3.8) is 0 Å². The minimum Gasteiger partial charge on any atom is -0.409 e. The van der Waals surface area contributed by atoms with Crippen LogP contribution in [0.1, 0.15) is 53.2 Å². The second-order valence-corrected chi connectivity index (χ2v) is 16.8. The van der Waals surface area contributed by atoms with Crippen LogP contribution in [0.15, 0.2) is 36.9 Å². The molecule has 0 radical (unpaired) electrons. The van der Waals surface area contributed by atoms with Crippen LogP contribution in [0.3, 0.4) is 0 Å². The van der Waals surface area contributed by atoms with Crippen molar-refractivity contribution in [3.05, 3.63) is 47.5 Å². The molecule has 26 heavy (non-hydrogen) atoms. The number of hydrogen-bond donors (Lipinski definition) is 0. The third kappa shape index (κ3) is 6.33. The first-order valence-electron chi connectivity index (χ1n) is 9.13. The number of rotatable bonds is 7. The van der Waals surface area contributed by atoms with Gasteiger partial charge in [0.05, 0.1) is 6.10 Å². The standard InChI is InChI=1S/C21H35ClO2SSi/c1-10-16(15-25(23)20(2,3)4)19(17-12-11-13-18(22)14-17)24-26(8,9)21(5,6)7/h10-14,16,19H,1,15H2,2-9H3. The quantitative estimate of drug-likeness (QED) is 0.364. The highest BCUT2D eigenvalue weighted by Crippen LogP contribution is 2.42. The van der Waals surface area contributed by atoms with E-state index < -0.39 is 19.1 Å². The molecule has 0 saturated carbocycles. The third-order valence-electron chi connectivity index (χ3n) is 5.12. The lowest BCUT2D eigenvalue weighted by molar-refractivity contribution is 0.149. The van der Waals surface area contributed by atoms with Crippen molar-refractivity contribution >= 4 is 30.7 Å². The van der Waals surface area contributed by atoms with Crippen LogP contribution in [0.5, 0.6) is 0 Å². The van der Waals surface area contributed by atoms with Gasteiger partial charge in [-0.25, -0.2) is 0 Å². The summed E-state index contributed by atoms with van der Waals surface area (Å²) in [7, 11) is -3.02. The Hall–Kier alpha value is -0.423. The molecule has 0 aliphatic heterocycles. The van der Waals surface area contributed by atoms with Gasteiger partial charge >= 0.3 is 0 Å². The van der Waals surface area contributed by atoms with Gasteiger partial charge in [0.15, 0.2) is 8.32 Å². The first kappa shape index (κ1) is 23.6. The van der Waals surface area contributed by atoms with E-state index >= 15 is 0 Å². The van der Waals surface area contributed by atoms with E-state index in [2.05, 4.69) is 40.4 Å². The number of halogens is 1. The molecule has 1 rings (SSSR count). The molecular formula is C21H35ClO2SSi. The maximum absolute atomic E-state index is 12.8. The lowest BCUT2D eigenvalue weighted by atomic mass is 9.97. The van der Waals surface area contributed by atoms with Crippen LogP contribution in [-0.2, 0) is 15.2 Å². The van der Waals surface area contributed by atoms with Crippen molar-refractivity contribution in [1.29, 1.82) is 0 Å². The molecule has 0 bridgehead atoms. The lowest BCUT2D eigenvalue weighted by Crippen LogP contribution is -2.43. The molecule has 5 heteroatoms. The molecule has 0 saturated heterocycles. The van der Waals surface area contributed by atoms with Crippen LogP contribution in [-0.4, -0.2) is 23.0 Å². The predicted octanol–water partition coefficient (Wildman–Crippen LogP) is 6.75. The SMILES string of the molecule is C=CC(CS(=O)C(C)(C)C)C(O[Si](C)(C)C(C)(C)C)c1cccc(Cl)c1. The summed E-state index contributed by atoms with van der Waals surface area (Å²) in [6.07, 6.45) is 1.70. The molecule has 3 unspecified atom stereocenters. The predicted molar refractivity (Wildman–Crippen MR) is 119 cm³/mol. The van der Waals surface area contributed by atoms with Gasteiger partial charge in [-0.05, 0) is 56.6 Å². The fourth-order valence-corrected chi connectivity index (χ4v) is 4.94. The molecule has 0 N–H and O–H groups in total. The van der Waals surface area contributed by atoms with E-state index in [1.165, 1.54) is 0 Å². The smallest absolute Gasteiger partial charge is 0.192 e. The normalized spacial score (nSPS) is 16.8. The Balaban J connectivity index is 3.30. The van der Waals surface area contributed by atoms with Crippen molar-refractivity contribution in [3.8, 4) is 0 Å². The van der Waals surface area contributed by atoms with Crippen molar-refractivity contribution in [2.75, 3.05) is 5.75 Å². The third-order valence-corrected chi connectivity index (χ3v) is 11.9.